The number of ether oxygens (including phenoxy) is 1. The molecule has 0 fully saturated rings. The second-order valence-electron chi connectivity index (χ2n) is 4.42. The topological polar surface area (TPSA) is 108 Å². The van der Waals surface area contributed by atoms with Crippen molar-refractivity contribution in [3.8, 4) is 5.75 Å². The third-order valence-corrected chi connectivity index (χ3v) is 2.91. The molecule has 0 amide bonds. The van der Waals surface area contributed by atoms with E-state index in [0.717, 1.165) is 6.07 Å². The fourth-order valence-electron chi connectivity index (χ4n) is 1.91. The molecule has 1 unspecified atom stereocenters. The van der Waals surface area contributed by atoms with Gasteiger partial charge in [0, 0.05) is 11.8 Å². The first-order valence-electron chi connectivity index (χ1n) is 6.55. The molecule has 8 nitrogen and oxygen atoms in total. The van der Waals surface area contributed by atoms with E-state index >= 15 is 0 Å². The molecule has 0 aromatic heterocycles. The Balaban J connectivity index is 2.30. The molecule has 0 saturated carbocycles. The van der Waals surface area contributed by atoms with Crippen LogP contribution in [0.4, 0.5) is 17.1 Å². The van der Waals surface area contributed by atoms with Gasteiger partial charge >= 0.3 is 11.4 Å². The number of hydrogen-bond donors (Lipinski definition) is 1. The van der Waals surface area contributed by atoms with Crippen molar-refractivity contribution >= 4 is 17.1 Å². The van der Waals surface area contributed by atoms with Crippen molar-refractivity contribution in [2.24, 2.45) is 0 Å². The number of nitro benzene ring substituents is 2. The lowest BCUT2D eigenvalue weighted by atomic mass is 10.2. The summed E-state index contributed by atoms with van der Waals surface area (Å²) < 4.78 is 5.48. The minimum Gasteiger partial charge on any atom is -0.460 e. The molecular formula is C15H13N3O5. The molecule has 0 heterocycles. The van der Waals surface area contributed by atoms with Gasteiger partial charge in [0.15, 0.2) is 6.23 Å². The fraction of sp³-hybridized carbons (Fsp3) is 0.0667. The Bertz CT molecular complexity index is 733. The molecular weight excluding hydrogens is 302 g/mol. The fourth-order valence-corrected chi connectivity index (χ4v) is 1.91. The molecule has 0 radical (unpaired) electrons. The van der Waals surface area contributed by atoms with E-state index in [2.05, 4.69) is 11.9 Å². The quantitative estimate of drug-likeness (QED) is 0.362. The lowest BCUT2D eigenvalue weighted by Gasteiger charge is -2.17. The number of para-hydroxylation sites is 2. The Morgan fingerprint density at radius 3 is 2.30 bits per heavy atom. The maximum Gasteiger partial charge on any atom is 0.387 e. The summed E-state index contributed by atoms with van der Waals surface area (Å²) in [5.41, 5.74) is -0.611. The molecule has 0 bridgehead atoms. The van der Waals surface area contributed by atoms with Crippen LogP contribution in [0.5, 0.6) is 5.75 Å². The normalized spacial score (nSPS) is 11.3. The predicted molar refractivity (Wildman–Crippen MR) is 84.4 cm³/mol. The predicted octanol–water partition coefficient (Wildman–Crippen LogP) is 3.51. The largest absolute Gasteiger partial charge is 0.460 e. The molecule has 0 aliphatic rings. The van der Waals surface area contributed by atoms with E-state index in [4.69, 9.17) is 4.74 Å². The highest BCUT2D eigenvalue weighted by atomic mass is 16.6. The van der Waals surface area contributed by atoms with Crippen LogP contribution >= 0.6 is 0 Å². The maximum absolute atomic E-state index is 11.2. The van der Waals surface area contributed by atoms with Crippen LogP contribution in [0.1, 0.15) is 0 Å². The Morgan fingerprint density at radius 1 is 1.04 bits per heavy atom. The first kappa shape index (κ1) is 16.0. The molecule has 0 aliphatic heterocycles. The van der Waals surface area contributed by atoms with Gasteiger partial charge in [0.1, 0.15) is 0 Å². The average Bonchev–Trinajstić information content (AvgIpc) is 2.54. The second kappa shape index (κ2) is 7.03. The van der Waals surface area contributed by atoms with Crippen molar-refractivity contribution in [3.05, 3.63) is 81.4 Å². The van der Waals surface area contributed by atoms with E-state index in [9.17, 15) is 20.2 Å². The van der Waals surface area contributed by atoms with Gasteiger partial charge in [-0.05, 0) is 24.3 Å². The van der Waals surface area contributed by atoms with Crippen LogP contribution in [0.15, 0.2) is 61.2 Å². The summed E-state index contributed by atoms with van der Waals surface area (Å²) in [5.74, 6) is -0.211. The van der Waals surface area contributed by atoms with Crippen LogP contribution in [0.25, 0.3) is 0 Å². The van der Waals surface area contributed by atoms with Gasteiger partial charge in [0.25, 0.3) is 0 Å². The van der Waals surface area contributed by atoms with Crippen LogP contribution in [0.2, 0.25) is 0 Å². The van der Waals surface area contributed by atoms with Gasteiger partial charge in [-0.25, -0.2) is 0 Å². The summed E-state index contributed by atoms with van der Waals surface area (Å²) in [6.45, 7) is 3.59. The number of nitrogens with one attached hydrogen (secondary N) is 1. The average molecular weight is 315 g/mol. The van der Waals surface area contributed by atoms with Crippen LogP contribution in [-0.2, 0) is 0 Å². The summed E-state index contributed by atoms with van der Waals surface area (Å²) in [6, 6.07) is 12.7. The Morgan fingerprint density at radius 2 is 1.74 bits per heavy atom. The number of nitrogens with zero attached hydrogens (tertiary/aromatic N) is 2. The van der Waals surface area contributed by atoms with Gasteiger partial charge in [-0.1, -0.05) is 30.8 Å². The molecule has 118 valence electrons. The van der Waals surface area contributed by atoms with Crippen LogP contribution < -0.4 is 10.1 Å². The zero-order chi connectivity index (χ0) is 16.8. The first-order chi connectivity index (χ1) is 11.0. The highest BCUT2D eigenvalue weighted by molar-refractivity contribution is 5.61. The van der Waals surface area contributed by atoms with Crippen molar-refractivity contribution in [1.82, 2.24) is 0 Å². The van der Waals surface area contributed by atoms with E-state index < -0.39 is 27.4 Å². The number of benzene rings is 2. The van der Waals surface area contributed by atoms with E-state index in [-0.39, 0.29) is 5.75 Å². The molecule has 0 aliphatic carbocycles. The van der Waals surface area contributed by atoms with E-state index in [1.165, 1.54) is 18.2 Å². The minimum atomic E-state index is -0.837. The molecule has 2 rings (SSSR count). The summed E-state index contributed by atoms with van der Waals surface area (Å²) in [6.07, 6.45) is 0.605. The van der Waals surface area contributed by atoms with Crippen LogP contribution in [0.3, 0.4) is 0 Å². The molecule has 1 N–H and O–H groups in total. The summed E-state index contributed by atoms with van der Waals surface area (Å²) >= 11 is 0. The summed E-state index contributed by atoms with van der Waals surface area (Å²) in [5, 5.41) is 25.0. The lowest BCUT2D eigenvalue weighted by Crippen LogP contribution is -2.24. The highest BCUT2D eigenvalue weighted by Crippen LogP contribution is 2.36. The summed E-state index contributed by atoms with van der Waals surface area (Å²) in [4.78, 5) is 20.4. The van der Waals surface area contributed by atoms with Gasteiger partial charge < -0.3 is 10.1 Å². The van der Waals surface area contributed by atoms with Crippen molar-refractivity contribution in [1.29, 1.82) is 0 Å². The number of rotatable bonds is 7. The van der Waals surface area contributed by atoms with Gasteiger partial charge in [-0.15, -0.1) is 0 Å². The third kappa shape index (κ3) is 3.82. The molecule has 2 aromatic rings. The number of anilines is 1. The summed E-state index contributed by atoms with van der Waals surface area (Å²) in [7, 11) is 0. The van der Waals surface area contributed by atoms with Gasteiger partial charge in [0.05, 0.1) is 9.85 Å². The smallest absolute Gasteiger partial charge is 0.387 e. The van der Waals surface area contributed by atoms with Crippen molar-refractivity contribution in [3.63, 3.8) is 0 Å². The lowest BCUT2D eigenvalue weighted by molar-refractivity contribution is -0.423. The maximum atomic E-state index is 11.2. The SMILES string of the molecule is C=CC(Nc1ccccc1)Oc1cccc([N+](=O)[O-])c1[N+](=O)[O-]. The van der Waals surface area contributed by atoms with Gasteiger partial charge in [-0.2, -0.15) is 0 Å². The highest BCUT2D eigenvalue weighted by Gasteiger charge is 2.30. The van der Waals surface area contributed by atoms with Gasteiger partial charge in [-0.3, -0.25) is 20.2 Å². The van der Waals surface area contributed by atoms with Crippen molar-refractivity contribution < 1.29 is 14.6 Å². The van der Waals surface area contributed by atoms with E-state index in [0.29, 0.717) is 5.69 Å². The van der Waals surface area contributed by atoms with Crippen molar-refractivity contribution in [2.45, 2.75) is 6.23 Å². The zero-order valence-electron chi connectivity index (χ0n) is 11.9. The first-order valence-corrected chi connectivity index (χ1v) is 6.55. The monoisotopic (exact) mass is 315 g/mol. The molecule has 1 atom stereocenters. The molecule has 8 heteroatoms. The molecule has 0 spiro atoms. The number of hydrogen-bond acceptors (Lipinski definition) is 6. The van der Waals surface area contributed by atoms with Crippen LogP contribution in [-0.4, -0.2) is 16.1 Å². The molecule has 0 saturated heterocycles. The van der Waals surface area contributed by atoms with E-state index in [1.807, 2.05) is 6.07 Å². The Hall–Kier alpha value is -3.42. The Labute approximate surface area is 131 Å². The zero-order valence-corrected chi connectivity index (χ0v) is 11.9. The van der Waals surface area contributed by atoms with Crippen molar-refractivity contribution in [2.75, 3.05) is 5.32 Å². The molecule has 23 heavy (non-hydrogen) atoms. The number of nitro groups is 2. The van der Waals surface area contributed by atoms with Crippen LogP contribution in [0, 0.1) is 20.2 Å². The van der Waals surface area contributed by atoms with E-state index in [1.54, 1.807) is 24.3 Å². The minimum absolute atomic E-state index is 0.211. The second-order valence-corrected chi connectivity index (χ2v) is 4.42. The molecule has 2 aromatic carbocycles. The van der Waals surface area contributed by atoms with Gasteiger partial charge in [0.2, 0.25) is 5.75 Å². The third-order valence-electron chi connectivity index (χ3n) is 2.91. The Kier molecular flexibility index (Phi) is 4.88. The standard InChI is InChI=1S/C15H13N3O5/c1-2-14(16-11-7-4-3-5-8-11)23-13-10-6-9-12(17(19)20)15(13)18(21)22/h2-10,14,16H,1H2.